The molecule has 3 rings (SSSR count). The lowest BCUT2D eigenvalue weighted by Crippen LogP contribution is -2.34. The van der Waals surface area contributed by atoms with Crippen LogP contribution in [0.4, 0.5) is 0 Å². The SMILES string of the molecule is Cc1nc(C2CCCN(Cc3nc(C(N)=O)no3)C2)n[nH]1. The van der Waals surface area contributed by atoms with Crippen molar-refractivity contribution in [3.63, 3.8) is 0 Å². The number of piperidine rings is 1. The predicted molar refractivity (Wildman–Crippen MR) is 71.2 cm³/mol. The molecule has 0 bridgehead atoms. The number of rotatable bonds is 4. The second kappa shape index (κ2) is 5.60. The van der Waals surface area contributed by atoms with Crippen molar-refractivity contribution in [2.24, 2.45) is 5.73 Å². The number of carbonyl (C=O) groups is 1. The van der Waals surface area contributed by atoms with Gasteiger partial charge in [-0.25, -0.2) is 4.98 Å². The van der Waals surface area contributed by atoms with Gasteiger partial charge in [0.1, 0.15) is 5.82 Å². The molecule has 0 aliphatic carbocycles. The third-order valence-electron chi connectivity index (χ3n) is 3.53. The van der Waals surface area contributed by atoms with Crippen LogP contribution in [0, 0.1) is 6.92 Å². The lowest BCUT2D eigenvalue weighted by molar-refractivity contribution is 0.0987. The summed E-state index contributed by atoms with van der Waals surface area (Å²) in [4.78, 5) is 21.5. The number of likely N-dealkylation sites (tertiary alicyclic amines) is 1. The third-order valence-corrected chi connectivity index (χ3v) is 3.53. The highest BCUT2D eigenvalue weighted by Gasteiger charge is 2.25. The van der Waals surface area contributed by atoms with E-state index in [9.17, 15) is 4.79 Å². The van der Waals surface area contributed by atoms with E-state index in [4.69, 9.17) is 10.3 Å². The summed E-state index contributed by atoms with van der Waals surface area (Å²) in [7, 11) is 0. The highest BCUT2D eigenvalue weighted by Crippen LogP contribution is 2.25. The first-order valence-corrected chi connectivity index (χ1v) is 6.85. The van der Waals surface area contributed by atoms with Gasteiger partial charge in [-0.3, -0.25) is 14.8 Å². The second-order valence-electron chi connectivity index (χ2n) is 5.23. The van der Waals surface area contributed by atoms with Gasteiger partial charge in [0, 0.05) is 12.5 Å². The summed E-state index contributed by atoms with van der Waals surface area (Å²) in [6, 6.07) is 0. The highest BCUT2D eigenvalue weighted by atomic mass is 16.5. The Balaban J connectivity index is 1.64. The summed E-state index contributed by atoms with van der Waals surface area (Å²) in [5, 5.41) is 10.7. The smallest absolute Gasteiger partial charge is 0.290 e. The minimum atomic E-state index is -0.683. The van der Waals surface area contributed by atoms with E-state index < -0.39 is 5.91 Å². The zero-order valence-corrected chi connectivity index (χ0v) is 11.7. The molecule has 2 aromatic rings. The van der Waals surface area contributed by atoms with Gasteiger partial charge < -0.3 is 10.3 Å². The summed E-state index contributed by atoms with van der Waals surface area (Å²) in [5.74, 6) is 1.60. The largest absolute Gasteiger partial charge is 0.363 e. The first kappa shape index (κ1) is 13.7. The number of nitrogens with two attached hydrogens (primary N) is 1. The van der Waals surface area contributed by atoms with Gasteiger partial charge in [0.05, 0.1) is 6.54 Å². The molecule has 9 nitrogen and oxygen atoms in total. The maximum absolute atomic E-state index is 10.9. The Hall–Kier alpha value is -2.29. The maximum atomic E-state index is 10.9. The van der Waals surface area contributed by atoms with Crippen molar-refractivity contribution in [1.82, 2.24) is 30.2 Å². The molecule has 9 heteroatoms. The molecule has 2 aromatic heterocycles. The summed E-state index contributed by atoms with van der Waals surface area (Å²) in [5.41, 5.74) is 5.10. The standard InChI is InChI=1S/C12H17N7O2/c1-7-14-11(17-16-7)8-3-2-4-19(5-8)6-9-15-12(10(13)20)18-21-9/h8H,2-6H2,1H3,(H2,13,20)(H,14,16,17). The number of nitrogens with zero attached hydrogens (tertiary/aromatic N) is 5. The number of nitrogens with one attached hydrogen (secondary N) is 1. The molecule has 3 N–H and O–H groups in total. The maximum Gasteiger partial charge on any atom is 0.290 e. The van der Waals surface area contributed by atoms with Crippen LogP contribution in [-0.2, 0) is 6.54 Å². The number of aromatic amines is 1. The van der Waals surface area contributed by atoms with Gasteiger partial charge in [0.25, 0.3) is 11.7 Å². The Kier molecular flexibility index (Phi) is 3.65. The molecule has 1 unspecified atom stereocenters. The molecule has 0 aromatic carbocycles. The highest BCUT2D eigenvalue weighted by molar-refractivity contribution is 5.88. The summed E-state index contributed by atoms with van der Waals surface area (Å²) < 4.78 is 5.03. The number of aromatic nitrogens is 5. The molecule has 0 saturated carbocycles. The predicted octanol–water partition coefficient (Wildman–Crippen LogP) is -0.0254. The molecular weight excluding hydrogens is 274 g/mol. The topological polar surface area (TPSA) is 127 Å². The molecule has 0 spiro atoms. The zero-order valence-electron chi connectivity index (χ0n) is 11.7. The van der Waals surface area contributed by atoms with Crippen LogP contribution < -0.4 is 5.73 Å². The number of carbonyl (C=O) groups excluding carboxylic acids is 1. The van der Waals surface area contributed by atoms with Crippen molar-refractivity contribution < 1.29 is 9.32 Å². The Morgan fingerprint density at radius 1 is 1.52 bits per heavy atom. The fourth-order valence-corrected chi connectivity index (χ4v) is 2.56. The molecule has 1 aliphatic rings. The van der Waals surface area contributed by atoms with E-state index in [0.29, 0.717) is 18.4 Å². The van der Waals surface area contributed by atoms with Crippen molar-refractivity contribution in [2.45, 2.75) is 32.2 Å². The Morgan fingerprint density at radius 2 is 2.38 bits per heavy atom. The fourth-order valence-electron chi connectivity index (χ4n) is 2.56. The summed E-state index contributed by atoms with van der Waals surface area (Å²) >= 11 is 0. The van der Waals surface area contributed by atoms with E-state index in [1.807, 2.05) is 6.92 Å². The van der Waals surface area contributed by atoms with Crippen LogP contribution in [0.25, 0.3) is 0 Å². The van der Waals surface area contributed by atoms with E-state index in [-0.39, 0.29) is 5.82 Å². The van der Waals surface area contributed by atoms with Crippen molar-refractivity contribution >= 4 is 5.91 Å². The number of H-pyrrole nitrogens is 1. The van der Waals surface area contributed by atoms with E-state index in [1.165, 1.54) is 0 Å². The van der Waals surface area contributed by atoms with Gasteiger partial charge >= 0.3 is 0 Å². The van der Waals surface area contributed by atoms with Crippen LogP contribution in [0.5, 0.6) is 0 Å². The average molecular weight is 291 g/mol. The number of hydrogen-bond donors (Lipinski definition) is 2. The van der Waals surface area contributed by atoms with Crippen LogP contribution in [0.2, 0.25) is 0 Å². The lowest BCUT2D eigenvalue weighted by atomic mass is 9.97. The van der Waals surface area contributed by atoms with Gasteiger partial charge in [-0.1, -0.05) is 5.16 Å². The molecule has 1 amide bonds. The molecule has 21 heavy (non-hydrogen) atoms. The van der Waals surface area contributed by atoms with Gasteiger partial charge in [-0.2, -0.15) is 10.1 Å². The number of amides is 1. The third kappa shape index (κ3) is 3.07. The zero-order chi connectivity index (χ0) is 14.8. The van der Waals surface area contributed by atoms with Crippen LogP contribution >= 0.6 is 0 Å². The molecule has 112 valence electrons. The number of aryl methyl sites for hydroxylation is 1. The van der Waals surface area contributed by atoms with Crippen LogP contribution in [0.3, 0.4) is 0 Å². The summed E-state index contributed by atoms with van der Waals surface area (Å²) in [6.45, 7) is 4.15. The second-order valence-corrected chi connectivity index (χ2v) is 5.23. The van der Waals surface area contributed by atoms with E-state index >= 15 is 0 Å². The van der Waals surface area contributed by atoms with Gasteiger partial charge in [0.15, 0.2) is 5.82 Å². The minimum absolute atomic E-state index is 0.0804. The Morgan fingerprint density at radius 3 is 3.05 bits per heavy atom. The lowest BCUT2D eigenvalue weighted by Gasteiger charge is -2.30. The Bertz CT molecular complexity index is 635. The van der Waals surface area contributed by atoms with E-state index in [0.717, 1.165) is 37.6 Å². The van der Waals surface area contributed by atoms with Crippen LogP contribution in [-0.4, -0.2) is 49.2 Å². The first-order valence-electron chi connectivity index (χ1n) is 6.85. The van der Waals surface area contributed by atoms with Gasteiger partial charge in [-0.15, -0.1) is 0 Å². The molecule has 1 saturated heterocycles. The number of primary amides is 1. The molecule has 1 fully saturated rings. The van der Waals surface area contributed by atoms with Crippen molar-refractivity contribution in [2.75, 3.05) is 13.1 Å². The first-order chi connectivity index (χ1) is 10.1. The normalized spacial score (nSPS) is 19.8. The Labute approximate surface area is 120 Å². The molecule has 3 heterocycles. The van der Waals surface area contributed by atoms with Gasteiger partial charge in [0.2, 0.25) is 5.89 Å². The molecular formula is C12H17N7O2. The van der Waals surface area contributed by atoms with Crippen molar-refractivity contribution in [3.05, 3.63) is 23.4 Å². The quantitative estimate of drug-likeness (QED) is 0.810. The van der Waals surface area contributed by atoms with Crippen LogP contribution in [0.1, 0.15) is 46.9 Å². The minimum Gasteiger partial charge on any atom is -0.363 e. The van der Waals surface area contributed by atoms with Crippen molar-refractivity contribution in [1.29, 1.82) is 0 Å². The molecule has 0 radical (unpaired) electrons. The van der Waals surface area contributed by atoms with Crippen molar-refractivity contribution in [3.8, 4) is 0 Å². The van der Waals surface area contributed by atoms with E-state index in [1.54, 1.807) is 0 Å². The van der Waals surface area contributed by atoms with Gasteiger partial charge in [-0.05, 0) is 26.3 Å². The van der Waals surface area contributed by atoms with E-state index in [2.05, 4.69) is 30.2 Å². The molecule has 1 aliphatic heterocycles. The fraction of sp³-hybridized carbons (Fsp3) is 0.583. The molecule has 1 atom stereocenters. The average Bonchev–Trinajstić information content (AvgIpc) is 3.08. The van der Waals surface area contributed by atoms with Crippen LogP contribution in [0.15, 0.2) is 4.52 Å². The monoisotopic (exact) mass is 291 g/mol. The summed E-state index contributed by atoms with van der Waals surface area (Å²) in [6.07, 6.45) is 2.11. The number of hydrogen-bond acceptors (Lipinski definition) is 7.